The lowest BCUT2D eigenvalue weighted by Crippen LogP contribution is -1.95. The van der Waals surface area contributed by atoms with Gasteiger partial charge in [-0.1, -0.05) is 18.2 Å². The van der Waals surface area contributed by atoms with Crippen molar-refractivity contribution in [1.29, 1.82) is 0 Å². The molecule has 3 N–H and O–H groups in total. The number of nitrogens with zero attached hydrogens (tertiary/aromatic N) is 2. The third-order valence-corrected chi connectivity index (χ3v) is 4.19. The Morgan fingerprint density at radius 1 is 1.30 bits per heavy atom. The van der Waals surface area contributed by atoms with Crippen LogP contribution in [0.25, 0.3) is 27.5 Å². The molecule has 0 radical (unpaired) electrons. The maximum Gasteiger partial charge on any atom is 0.207 e. The van der Waals surface area contributed by atoms with E-state index in [2.05, 4.69) is 20.9 Å². The van der Waals surface area contributed by atoms with E-state index in [0.29, 0.717) is 16.6 Å². The molecule has 2 aromatic heterocycles. The quantitative estimate of drug-likeness (QED) is 0.717. The zero-order valence-corrected chi connectivity index (χ0v) is 11.9. The lowest BCUT2D eigenvalue weighted by molar-refractivity contribution is 0.450. The van der Waals surface area contributed by atoms with Gasteiger partial charge < -0.3 is 10.8 Å². The average Bonchev–Trinajstić information content (AvgIpc) is 2.67. The number of aromatic nitrogens is 2. The highest BCUT2D eigenvalue weighted by Gasteiger charge is 2.18. The molecule has 0 amide bonds. The number of nitrogen functional groups attached to an aromatic ring is 1. The van der Waals surface area contributed by atoms with Crippen molar-refractivity contribution < 1.29 is 5.11 Å². The van der Waals surface area contributed by atoms with Gasteiger partial charge in [-0.2, -0.15) is 0 Å². The van der Waals surface area contributed by atoms with Crippen LogP contribution in [0.1, 0.15) is 0 Å². The van der Waals surface area contributed by atoms with Gasteiger partial charge in [0, 0.05) is 21.8 Å². The fraction of sp³-hybridized carbons (Fsp3) is 0. The zero-order valence-electron chi connectivity index (χ0n) is 10.3. The molecule has 0 spiro atoms. The Balaban J connectivity index is 2.15. The highest BCUT2D eigenvalue weighted by molar-refractivity contribution is 9.10. The molecule has 5 heteroatoms. The molecule has 0 unspecified atom stereocenters. The number of pyridine rings is 1. The number of aromatic hydroxyl groups is 1. The van der Waals surface area contributed by atoms with Crippen molar-refractivity contribution in [2.45, 2.75) is 0 Å². The lowest BCUT2D eigenvalue weighted by atomic mass is 10.1. The van der Waals surface area contributed by atoms with Crippen LogP contribution in [0.4, 0.5) is 5.69 Å². The Hall–Kier alpha value is -2.27. The van der Waals surface area contributed by atoms with E-state index in [0.717, 1.165) is 21.1 Å². The topological polar surface area (TPSA) is 64.1 Å². The zero-order chi connectivity index (χ0) is 13.9. The second kappa shape index (κ2) is 3.86. The normalized spacial score (nSPS) is 13.8. The molecule has 0 saturated heterocycles. The summed E-state index contributed by atoms with van der Waals surface area (Å²) in [5.41, 5.74) is 9.17. The van der Waals surface area contributed by atoms with E-state index in [9.17, 15) is 5.11 Å². The summed E-state index contributed by atoms with van der Waals surface area (Å²) in [6.07, 6.45) is 7.56. The Bertz CT molecular complexity index is 937. The summed E-state index contributed by atoms with van der Waals surface area (Å²) in [5.74, 6) is 0.127. The van der Waals surface area contributed by atoms with Crippen LogP contribution in [0.15, 0.2) is 47.1 Å². The number of nitrogens with two attached hydrogens (primary N) is 1. The van der Waals surface area contributed by atoms with E-state index < -0.39 is 0 Å². The van der Waals surface area contributed by atoms with Crippen LogP contribution >= 0.6 is 15.9 Å². The largest absolute Gasteiger partial charge is 0.494 e. The van der Waals surface area contributed by atoms with E-state index in [1.54, 1.807) is 10.8 Å². The number of benzene rings is 1. The minimum Gasteiger partial charge on any atom is -0.494 e. The minimum atomic E-state index is 0.127. The molecule has 4 rings (SSSR count). The molecule has 20 heavy (non-hydrogen) atoms. The van der Waals surface area contributed by atoms with E-state index in [1.807, 2.05) is 36.4 Å². The third-order valence-electron chi connectivity index (χ3n) is 3.55. The van der Waals surface area contributed by atoms with Gasteiger partial charge >= 0.3 is 0 Å². The average molecular weight is 328 g/mol. The van der Waals surface area contributed by atoms with Crippen molar-refractivity contribution in [3.05, 3.63) is 47.1 Å². The second-order valence-corrected chi connectivity index (χ2v) is 5.55. The number of allylic oxidation sites excluding steroid dienone is 4. The number of rotatable bonds is 1. The fourth-order valence-electron chi connectivity index (χ4n) is 2.47. The fourth-order valence-corrected chi connectivity index (χ4v) is 2.92. The van der Waals surface area contributed by atoms with E-state index in [-0.39, 0.29) is 5.88 Å². The first-order valence-electron chi connectivity index (χ1n) is 6.13. The molecular weight excluding hydrogens is 318 g/mol. The van der Waals surface area contributed by atoms with Crippen LogP contribution in [0.5, 0.6) is 5.88 Å². The van der Waals surface area contributed by atoms with Crippen LogP contribution in [0, 0.1) is 0 Å². The first-order chi connectivity index (χ1) is 9.66. The predicted octanol–water partition coefficient (Wildman–Crippen LogP) is 3.65. The van der Waals surface area contributed by atoms with E-state index >= 15 is 0 Å². The van der Waals surface area contributed by atoms with Gasteiger partial charge in [0.25, 0.3) is 0 Å². The second-order valence-electron chi connectivity index (χ2n) is 4.70. The standard InChI is InChI=1S/C15H10BrN3O/c16-10-6-2-5-9-13(17)12-11(18-14(9)10)7-19(15(12)20)8-3-1-4-8/h1-7,20H,17H2. The van der Waals surface area contributed by atoms with Crippen LogP contribution < -0.4 is 5.73 Å². The number of hydrogen-bond acceptors (Lipinski definition) is 3. The number of para-hydroxylation sites is 1. The molecule has 4 nitrogen and oxygen atoms in total. The van der Waals surface area contributed by atoms with Crippen molar-refractivity contribution in [1.82, 2.24) is 9.55 Å². The molecule has 0 aliphatic heterocycles. The van der Waals surface area contributed by atoms with Gasteiger partial charge in [-0.05, 0) is 34.1 Å². The number of halogens is 1. The highest BCUT2D eigenvalue weighted by atomic mass is 79.9. The summed E-state index contributed by atoms with van der Waals surface area (Å²) in [6, 6.07) is 5.73. The van der Waals surface area contributed by atoms with Crippen LogP contribution in [0.2, 0.25) is 0 Å². The Kier molecular flexibility index (Phi) is 2.23. The summed E-state index contributed by atoms with van der Waals surface area (Å²) < 4.78 is 2.58. The first kappa shape index (κ1) is 11.5. The Morgan fingerprint density at radius 2 is 2.10 bits per heavy atom. The first-order valence-corrected chi connectivity index (χ1v) is 6.92. The molecule has 0 bridgehead atoms. The molecule has 3 aromatic rings. The third kappa shape index (κ3) is 1.38. The minimum absolute atomic E-state index is 0.127. The van der Waals surface area contributed by atoms with Crippen molar-refractivity contribution in [2.75, 3.05) is 5.73 Å². The molecule has 98 valence electrons. The monoisotopic (exact) mass is 327 g/mol. The molecule has 1 aliphatic carbocycles. The molecule has 0 atom stereocenters. The number of anilines is 1. The Morgan fingerprint density at radius 3 is 2.80 bits per heavy atom. The van der Waals surface area contributed by atoms with Gasteiger partial charge in [0.15, 0.2) is 0 Å². The molecule has 2 heterocycles. The van der Waals surface area contributed by atoms with Gasteiger partial charge in [0.1, 0.15) is 0 Å². The van der Waals surface area contributed by atoms with E-state index in [1.165, 1.54) is 0 Å². The molecule has 1 aliphatic rings. The maximum atomic E-state index is 10.4. The smallest absolute Gasteiger partial charge is 0.207 e. The highest BCUT2D eigenvalue weighted by Crippen LogP contribution is 2.39. The number of fused-ring (bicyclic) bond motifs is 2. The van der Waals surface area contributed by atoms with Gasteiger partial charge in [0.2, 0.25) is 5.88 Å². The molecule has 1 aromatic carbocycles. The summed E-state index contributed by atoms with van der Waals surface area (Å²) in [4.78, 5) is 4.60. The number of hydrogen-bond donors (Lipinski definition) is 2. The van der Waals surface area contributed by atoms with Crippen LogP contribution in [-0.2, 0) is 0 Å². The van der Waals surface area contributed by atoms with Crippen molar-refractivity contribution in [3.63, 3.8) is 0 Å². The Labute approximate surface area is 123 Å². The SMILES string of the molecule is Nc1c2cccc(Br)c2nc2cn(C3=CC=C3)c(O)c12. The van der Waals surface area contributed by atoms with Crippen LogP contribution in [0.3, 0.4) is 0 Å². The van der Waals surface area contributed by atoms with Gasteiger partial charge in [-0.15, -0.1) is 0 Å². The van der Waals surface area contributed by atoms with Crippen molar-refractivity contribution >= 4 is 49.1 Å². The summed E-state index contributed by atoms with van der Waals surface area (Å²) in [7, 11) is 0. The maximum absolute atomic E-state index is 10.4. The summed E-state index contributed by atoms with van der Waals surface area (Å²) >= 11 is 3.49. The predicted molar refractivity (Wildman–Crippen MR) is 84.4 cm³/mol. The van der Waals surface area contributed by atoms with E-state index in [4.69, 9.17) is 5.73 Å². The van der Waals surface area contributed by atoms with Crippen molar-refractivity contribution in [2.24, 2.45) is 0 Å². The van der Waals surface area contributed by atoms with Gasteiger partial charge in [-0.25, -0.2) is 4.98 Å². The van der Waals surface area contributed by atoms with Gasteiger partial charge in [0.05, 0.1) is 22.1 Å². The molecular formula is C15H10BrN3O. The van der Waals surface area contributed by atoms with Crippen molar-refractivity contribution in [3.8, 4) is 5.88 Å². The van der Waals surface area contributed by atoms with Crippen LogP contribution in [-0.4, -0.2) is 14.7 Å². The molecule has 0 fully saturated rings. The lowest BCUT2D eigenvalue weighted by Gasteiger charge is -2.09. The summed E-state index contributed by atoms with van der Waals surface area (Å²) in [5, 5.41) is 11.8. The summed E-state index contributed by atoms with van der Waals surface area (Å²) in [6.45, 7) is 0. The molecule has 0 saturated carbocycles. The van der Waals surface area contributed by atoms with Gasteiger partial charge in [-0.3, -0.25) is 4.57 Å².